The zero-order valence-electron chi connectivity index (χ0n) is 6.85. The molecule has 1 unspecified atom stereocenters. The number of carbonyl (C=O) groups is 1. The Bertz CT molecular complexity index is 353. The summed E-state index contributed by atoms with van der Waals surface area (Å²) >= 11 is 1.15. The fourth-order valence-corrected chi connectivity index (χ4v) is 1.59. The van der Waals surface area contributed by atoms with Crippen LogP contribution in [0, 0.1) is 11.3 Å². The average molecular weight is 197 g/mol. The van der Waals surface area contributed by atoms with E-state index >= 15 is 0 Å². The van der Waals surface area contributed by atoms with Gasteiger partial charge < -0.3 is 9.84 Å². The summed E-state index contributed by atoms with van der Waals surface area (Å²) in [6.45, 7) is 0. The number of carbonyl (C=O) groups excluding carboxylic acids is 1. The molecule has 0 aromatic carbocycles. The van der Waals surface area contributed by atoms with Gasteiger partial charge in [0.2, 0.25) is 0 Å². The van der Waals surface area contributed by atoms with Crippen LogP contribution >= 0.6 is 11.3 Å². The number of hydrogen-bond acceptors (Lipinski definition) is 5. The summed E-state index contributed by atoms with van der Waals surface area (Å²) in [6, 6.07) is 3.37. The van der Waals surface area contributed by atoms with Crippen LogP contribution < -0.4 is 0 Å². The van der Waals surface area contributed by atoms with E-state index in [2.05, 4.69) is 4.74 Å². The molecule has 68 valence electrons. The van der Waals surface area contributed by atoms with E-state index in [1.54, 1.807) is 5.38 Å². The minimum atomic E-state index is -1.28. The van der Waals surface area contributed by atoms with Crippen LogP contribution in [0.15, 0.2) is 11.4 Å². The van der Waals surface area contributed by atoms with Crippen molar-refractivity contribution in [3.05, 3.63) is 21.9 Å². The number of thiophene rings is 1. The van der Waals surface area contributed by atoms with E-state index < -0.39 is 12.1 Å². The van der Waals surface area contributed by atoms with Crippen LogP contribution in [0.1, 0.15) is 16.5 Å². The molecule has 0 aliphatic carbocycles. The summed E-state index contributed by atoms with van der Waals surface area (Å²) in [6.07, 6.45) is -1.28. The molecule has 1 aromatic rings. The quantitative estimate of drug-likeness (QED) is 0.713. The van der Waals surface area contributed by atoms with Crippen molar-refractivity contribution in [1.82, 2.24) is 0 Å². The van der Waals surface area contributed by atoms with E-state index in [4.69, 9.17) is 5.26 Å². The molecule has 13 heavy (non-hydrogen) atoms. The van der Waals surface area contributed by atoms with Crippen LogP contribution in [-0.2, 0) is 9.53 Å². The normalized spacial score (nSPS) is 11.8. The number of aliphatic hydroxyl groups excluding tert-OH is 1. The van der Waals surface area contributed by atoms with E-state index in [9.17, 15) is 9.90 Å². The van der Waals surface area contributed by atoms with Crippen molar-refractivity contribution in [1.29, 1.82) is 5.26 Å². The Labute approximate surface area is 79.0 Å². The second-order valence-electron chi connectivity index (χ2n) is 2.28. The predicted octanol–water partition coefficient (Wildman–Crippen LogP) is 0.826. The third-order valence-corrected chi connectivity index (χ3v) is 2.43. The summed E-state index contributed by atoms with van der Waals surface area (Å²) in [5, 5.41) is 19.4. The molecule has 0 fully saturated rings. The highest BCUT2D eigenvalue weighted by atomic mass is 32.1. The Kier molecular flexibility index (Phi) is 3.01. The van der Waals surface area contributed by atoms with E-state index in [0.717, 1.165) is 11.3 Å². The van der Waals surface area contributed by atoms with Crippen LogP contribution in [-0.4, -0.2) is 18.2 Å². The first-order valence-corrected chi connectivity index (χ1v) is 4.31. The number of aliphatic hydroxyl groups is 1. The van der Waals surface area contributed by atoms with Crippen LogP contribution in [0.25, 0.3) is 0 Å². The maximum absolute atomic E-state index is 10.9. The number of rotatable bonds is 2. The van der Waals surface area contributed by atoms with Crippen molar-refractivity contribution in [2.75, 3.05) is 7.11 Å². The van der Waals surface area contributed by atoms with Crippen LogP contribution in [0.2, 0.25) is 0 Å². The van der Waals surface area contributed by atoms with E-state index in [0.29, 0.717) is 10.4 Å². The van der Waals surface area contributed by atoms with Gasteiger partial charge in [-0.25, -0.2) is 4.79 Å². The highest BCUT2D eigenvalue weighted by Crippen LogP contribution is 2.22. The van der Waals surface area contributed by atoms with Crippen molar-refractivity contribution < 1.29 is 14.6 Å². The lowest BCUT2D eigenvalue weighted by Crippen LogP contribution is -2.11. The van der Waals surface area contributed by atoms with Crippen molar-refractivity contribution in [3.8, 4) is 6.07 Å². The number of nitriles is 1. The van der Waals surface area contributed by atoms with Gasteiger partial charge in [-0.05, 0) is 6.07 Å². The number of esters is 1. The molecule has 0 bridgehead atoms. The summed E-state index contributed by atoms with van der Waals surface area (Å²) in [4.78, 5) is 11.3. The molecule has 4 nitrogen and oxygen atoms in total. The Morgan fingerprint density at radius 1 is 1.85 bits per heavy atom. The first-order chi connectivity index (χ1) is 6.19. The first kappa shape index (κ1) is 9.71. The first-order valence-electron chi connectivity index (χ1n) is 3.43. The third-order valence-electron chi connectivity index (χ3n) is 1.44. The minimum absolute atomic E-state index is 0.420. The smallest absolute Gasteiger partial charge is 0.340 e. The monoisotopic (exact) mass is 197 g/mol. The Balaban J connectivity index is 2.84. The molecule has 0 spiro atoms. The zero-order chi connectivity index (χ0) is 9.84. The van der Waals surface area contributed by atoms with Gasteiger partial charge in [0.15, 0.2) is 6.10 Å². The van der Waals surface area contributed by atoms with Gasteiger partial charge in [-0.15, -0.1) is 11.3 Å². The maximum Gasteiger partial charge on any atom is 0.340 e. The molecule has 0 saturated heterocycles. The second-order valence-corrected chi connectivity index (χ2v) is 3.22. The molecular weight excluding hydrogens is 190 g/mol. The van der Waals surface area contributed by atoms with Crippen molar-refractivity contribution in [2.45, 2.75) is 6.10 Å². The van der Waals surface area contributed by atoms with Crippen molar-refractivity contribution >= 4 is 17.3 Å². The molecule has 1 N–H and O–H groups in total. The van der Waals surface area contributed by atoms with Crippen LogP contribution in [0.5, 0.6) is 0 Å². The van der Waals surface area contributed by atoms with E-state index in [1.165, 1.54) is 13.2 Å². The van der Waals surface area contributed by atoms with Gasteiger partial charge in [-0.2, -0.15) is 5.26 Å². The minimum Gasteiger partial charge on any atom is -0.467 e. The number of ether oxygens (including phenoxy) is 1. The molecular formula is C8H7NO3S. The van der Waals surface area contributed by atoms with Gasteiger partial charge in [0, 0.05) is 10.3 Å². The standard InChI is InChI=1S/C8H7NO3S/c1-12-8(11)7(10)6-2-5(3-9)4-13-6/h2,4,7,10H,1H3. The number of hydrogen-bond donors (Lipinski definition) is 1. The SMILES string of the molecule is COC(=O)C(O)c1cc(C#N)cs1. The molecule has 0 radical (unpaired) electrons. The highest BCUT2D eigenvalue weighted by molar-refractivity contribution is 7.10. The topological polar surface area (TPSA) is 70.3 Å². The molecule has 1 rings (SSSR count). The van der Waals surface area contributed by atoms with Gasteiger partial charge in [-0.3, -0.25) is 0 Å². The second kappa shape index (κ2) is 4.03. The van der Waals surface area contributed by atoms with Crippen molar-refractivity contribution in [3.63, 3.8) is 0 Å². The predicted molar refractivity (Wildman–Crippen MR) is 46.0 cm³/mol. The lowest BCUT2D eigenvalue weighted by molar-refractivity contribution is -0.150. The molecule has 0 saturated carbocycles. The van der Waals surface area contributed by atoms with Gasteiger partial charge >= 0.3 is 5.97 Å². The van der Waals surface area contributed by atoms with Gasteiger partial charge in [0.25, 0.3) is 0 Å². The molecule has 1 aromatic heterocycles. The zero-order valence-corrected chi connectivity index (χ0v) is 7.67. The molecule has 5 heteroatoms. The Morgan fingerprint density at radius 2 is 2.54 bits per heavy atom. The van der Waals surface area contributed by atoms with Gasteiger partial charge in [-0.1, -0.05) is 0 Å². The summed E-state index contributed by atoms with van der Waals surface area (Å²) < 4.78 is 4.34. The third kappa shape index (κ3) is 2.05. The summed E-state index contributed by atoms with van der Waals surface area (Å²) in [5.41, 5.74) is 0.433. The maximum atomic E-state index is 10.9. The molecule has 0 aliphatic rings. The van der Waals surface area contributed by atoms with Crippen molar-refractivity contribution in [2.24, 2.45) is 0 Å². The largest absolute Gasteiger partial charge is 0.467 e. The number of methoxy groups -OCH3 is 1. The molecule has 1 atom stereocenters. The Morgan fingerprint density at radius 3 is 3.00 bits per heavy atom. The average Bonchev–Trinajstić information content (AvgIpc) is 2.63. The lowest BCUT2D eigenvalue weighted by Gasteiger charge is -2.03. The van der Waals surface area contributed by atoms with Gasteiger partial charge in [0.05, 0.1) is 12.7 Å². The fourth-order valence-electron chi connectivity index (χ4n) is 0.783. The van der Waals surface area contributed by atoms with E-state index in [1.807, 2.05) is 6.07 Å². The van der Waals surface area contributed by atoms with Crippen LogP contribution in [0.4, 0.5) is 0 Å². The number of nitrogens with zero attached hydrogens (tertiary/aromatic N) is 1. The summed E-state index contributed by atoms with van der Waals surface area (Å²) in [7, 11) is 1.20. The van der Waals surface area contributed by atoms with Gasteiger partial charge in [0.1, 0.15) is 6.07 Å². The highest BCUT2D eigenvalue weighted by Gasteiger charge is 2.19. The molecule has 0 aliphatic heterocycles. The Hall–Kier alpha value is -1.38. The van der Waals surface area contributed by atoms with Crippen LogP contribution in [0.3, 0.4) is 0 Å². The lowest BCUT2D eigenvalue weighted by atomic mass is 10.2. The fraction of sp³-hybridized carbons (Fsp3) is 0.250. The molecule has 0 amide bonds. The van der Waals surface area contributed by atoms with E-state index in [-0.39, 0.29) is 0 Å². The molecule has 1 heterocycles. The summed E-state index contributed by atoms with van der Waals surface area (Å²) in [5.74, 6) is -0.716.